The van der Waals surface area contributed by atoms with Gasteiger partial charge in [0.15, 0.2) is 5.82 Å². The highest BCUT2D eigenvalue weighted by molar-refractivity contribution is 5.80. The molecule has 0 N–H and O–H groups in total. The van der Waals surface area contributed by atoms with E-state index in [4.69, 9.17) is 4.74 Å². The van der Waals surface area contributed by atoms with E-state index in [9.17, 15) is 8.78 Å². The van der Waals surface area contributed by atoms with Crippen LogP contribution in [0.5, 0.6) is 5.75 Å². The van der Waals surface area contributed by atoms with Crippen LogP contribution in [0.25, 0.3) is 28.3 Å². The molecule has 166 valence electrons. The van der Waals surface area contributed by atoms with Crippen LogP contribution in [0.1, 0.15) is 24.2 Å². The van der Waals surface area contributed by atoms with Crippen LogP contribution >= 0.6 is 0 Å². The van der Waals surface area contributed by atoms with Crippen molar-refractivity contribution in [2.75, 3.05) is 7.11 Å². The number of rotatable bonds is 5. The van der Waals surface area contributed by atoms with E-state index in [0.717, 1.165) is 22.5 Å². The number of hydrogen-bond donors (Lipinski definition) is 0. The first-order chi connectivity index (χ1) is 15.9. The van der Waals surface area contributed by atoms with Gasteiger partial charge in [0.1, 0.15) is 23.1 Å². The van der Waals surface area contributed by atoms with Gasteiger partial charge in [-0.15, -0.1) is 10.2 Å². The van der Waals surface area contributed by atoms with Crippen molar-refractivity contribution in [3.8, 4) is 34.1 Å². The second-order valence-corrected chi connectivity index (χ2v) is 7.89. The Labute approximate surface area is 189 Å². The van der Waals surface area contributed by atoms with Crippen molar-refractivity contribution in [3.63, 3.8) is 0 Å². The molecule has 0 fully saturated rings. The maximum atomic E-state index is 14.7. The second-order valence-electron chi connectivity index (χ2n) is 7.89. The number of ether oxygens (including phenoxy) is 1. The molecule has 2 aromatic carbocycles. The van der Waals surface area contributed by atoms with Crippen LogP contribution in [0.15, 0.2) is 67.3 Å². The van der Waals surface area contributed by atoms with Gasteiger partial charge in [0.25, 0.3) is 0 Å². The third kappa shape index (κ3) is 3.73. The fourth-order valence-corrected chi connectivity index (χ4v) is 4.01. The van der Waals surface area contributed by atoms with Gasteiger partial charge in [0.05, 0.1) is 36.4 Å². The second kappa shape index (κ2) is 8.12. The normalized spacial score (nSPS) is 12.3. The quantitative estimate of drug-likeness (QED) is 0.362. The lowest BCUT2D eigenvalue weighted by molar-refractivity contribution is 0.413. The van der Waals surface area contributed by atoms with Gasteiger partial charge >= 0.3 is 0 Å². The highest BCUT2D eigenvalue weighted by Crippen LogP contribution is 2.37. The Morgan fingerprint density at radius 2 is 1.73 bits per heavy atom. The van der Waals surface area contributed by atoms with Gasteiger partial charge in [0, 0.05) is 18.0 Å². The molecule has 0 radical (unpaired) electrons. The van der Waals surface area contributed by atoms with E-state index in [1.165, 1.54) is 24.4 Å². The summed E-state index contributed by atoms with van der Waals surface area (Å²) in [7, 11) is 1.60. The smallest absolute Gasteiger partial charge is 0.165 e. The van der Waals surface area contributed by atoms with E-state index in [0.29, 0.717) is 22.8 Å². The van der Waals surface area contributed by atoms with Crippen LogP contribution in [-0.4, -0.2) is 31.4 Å². The summed E-state index contributed by atoms with van der Waals surface area (Å²) in [6, 6.07) is 13.0. The van der Waals surface area contributed by atoms with Gasteiger partial charge in [-0.25, -0.2) is 13.8 Å². The molecule has 0 saturated carbocycles. The Balaban J connectivity index is 1.57. The molecule has 1 atom stereocenters. The molecule has 0 unspecified atom stereocenters. The molecule has 0 aliphatic carbocycles. The van der Waals surface area contributed by atoms with Crippen LogP contribution in [0.2, 0.25) is 0 Å². The van der Waals surface area contributed by atoms with Gasteiger partial charge in [-0.05, 0) is 49.7 Å². The minimum Gasteiger partial charge on any atom is -0.495 e. The van der Waals surface area contributed by atoms with E-state index in [-0.39, 0.29) is 11.9 Å². The van der Waals surface area contributed by atoms with E-state index >= 15 is 0 Å². The average molecular weight is 445 g/mol. The number of aromatic nitrogens is 5. The van der Waals surface area contributed by atoms with Crippen molar-refractivity contribution < 1.29 is 13.5 Å². The molecule has 5 rings (SSSR count). The summed E-state index contributed by atoms with van der Waals surface area (Å²) in [5.74, 6) is 0.436. The van der Waals surface area contributed by atoms with E-state index < -0.39 is 5.82 Å². The summed E-state index contributed by atoms with van der Waals surface area (Å²) in [6.45, 7) is 3.82. The van der Waals surface area contributed by atoms with Gasteiger partial charge in [-0.3, -0.25) is 0 Å². The van der Waals surface area contributed by atoms with Crippen molar-refractivity contribution >= 4 is 0 Å². The number of methoxy groups -OCH3 is 1. The number of imidazole rings is 1. The van der Waals surface area contributed by atoms with Gasteiger partial charge < -0.3 is 13.9 Å². The summed E-state index contributed by atoms with van der Waals surface area (Å²) >= 11 is 0. The fourth-order valence-electron chi connectivity index (χ4n) is 4.01. The number of nitrogens with zero attached hydrogens (tertiary/aromatic N) is 5. The maximum absolute atomic E-state index is 14.7. The van der Waals surface area contributed by atoms with Crippen molar-refractivity contribution in [3.05, 3.63) is 90.1 Å². The van der Waals surface area contributed by atoms with E-state index in [1.54, 1.807) is 30.1 Å². The molecule has 0 amide bonds. The Morgan fingerprint density at radius 1 is 0.939 bits per heavy atom. The van der Waals surface area contributed by atoms with Crippen LogP contribution in [0, 0.1) is 18.6 Å². The van der Waals surface area contributed by atoms with Crippen LogP contribution in [-0.2, 0) is 0 Å². The van der Waals surface area contributed by atoms with Gasteiger partial charge in [0.2, 0.25) is 0 Å². The number of pyridine rings is 1. The minimum atomic E-state index is -0.412. The molecule has 0 saturated heterocycles. The third-order valence-corrected chi connectivity index (χ3v) is 5.74. The zero-order valence-corrected chi connectivity index (χ0v) is 18.3. The Bertz CT molecular complexity index is 1410. The summed E-state index contributed by atoms with van der Waals surface area (Å²) in [4.78, 5) is 4.27. The Hall–Kier alpha value is -4.07. The van der Waals surface area contributed by atoms with Crippen LogP contribution < -0.4 is 4.74 Å². The summed E-state index contributed by atoms with van der Waals surface area (Å²) in [5, 5.41) is 8.72. The van der Waals surface area contributed by atoms with E-state index in [1.807, 2.05) is 42.8 Å². The molecular weight excluding hydrogens is 424 g/mol. The lowest BCUT2D eigenvalue weighted by Crippen LogP contribution is -2.11. The molecule has 3 aromatic rings. The average Bonchev–Trinajstić information content (AvgIpc) is 3.44. The number of fused-ring (bicyclic) bond motifs is 1. The molecule has 3 heterocycles. The standard InChI is InChI=1S/C25H21F2N5O/c1-15-12-31(14-28-15)22-9-6-18(10-23(22)33-3)24-21-11-20(27)13-32(25(21)30-29-24)16(2)17-4-7-19(26)8-5-17/h4-14,16H,1-3H3/t16-/m0/s1. The summed E-state index contributed by atoms with van der Waals surface area (Å²) in [5.41, 5.74) is 4.44. The number of aryl methyl sites for hydroxylation is 1. The molecule has 6 nitrogen and oxygen atoms in total. The highest BCUT2D eigenvalue weighted by atomic mass is 19.1. The highest BCUT2D eigenvalue weighted by Gasteiger charge is 2.23. The monoisotopic (exact) mass is 445 g/mol. The molecule has 1 aromatic heterocycles. The lowest BCUT2D eigenvalue weighted by Gasteiger charge is -2.20. The molecular formula is C25H21F2N5O. The third-order valence-electron chi connectivity index (χ3n) is 5.74. The lowest BCUT2D eigenvalue weighted by atomic mass is 10.0. The molecule has 0 spiro atoms. The zero-order valence-electron chi connectivity index (χ0n) is 18.3. The van der Waals surface area contributed by atoms with Crippen molar-refractivity contribution in [2.45, 2.75) is 19.9 Å². The zero-order chi connectivity index (χ0) is 23.1. The number of benzene rings is 2. The van der Waals surface area contributed by atoms with Gasteiger partial charge in [-0.1, -0.05) is 18.2 Å². The minimum absolute atomic E-state index is 0.269. The summed E-state index contributed by atoms with van der Waals surface area (Å²) in [6.07, 6.45) is 5.02. The molecule has 2 aliphatic heterocycles. The molecule has 0 bridgehead atoms. The van der Waals surface area contributed by atoms with Crippen LogP contribution in [0.4, 0.5) is 8.78 Å². The molecule has 2 aliphatic rings. The van der Waals surface area contributed by atoms with Crippen molar-refractivity contribution in [1.29, 1.82) is 0 Å². The molecule has 8 heteroatoms. The first-order valence-electron chi connectivity index (χ1n) is 10.4. The van der Waals surface area contributed by atoms with E-state index in [2.05, 4.69) is 15.2 Å². The number of halogens is 2. The predicted molar refractivity (Wildman–Crippen MR) is 121 cm³/mol. The largest absolute Gasteiger partial charge is 0.495 e. The SMILES string of the molecule is COc1cc(-c2nnc3n([C@@H](C)c4ccc(F)cc4)cc(F)cc2-3)ccc1-n1cnc(C)c1. The number of hydrogen-bond acceptors (Lipinski definition) is 4. The van der Waals surface area contributed by atoms with Gasteiger partial charge in [-0.2, -0.15) is 0 Å². The maximum Gasteiger partial charge on any atom is 0.165 e. The Morgan fingerprint density at radius 3 is 2.42 bits per heavy atom. The Kier molecular flexibility index (Phi) is 5.12. The fraction of sp³-hybridized carbons (Fsp3) is 0.160. The molecule has 33 heavy (non-hydrogen) atoms. The first-order valence-corrected chi connectivity index (χ1v) is 10.4. The van der Waals surface area contributed by atoms with Crippen molar-refractivity contribution in [2.24, 2.45) is 0 Å². The summed E-state index contributed by atoms with van der Waals surface area (Å²) < 4.78 is 37.2. The first kappa shape index (κ1) is 20.8. The topological polar surface area (TPSA) is 57.8 Å². The van der Waals surface area contributed by atoms with Crippen LogP contribution in [0.3, 0.4) is 0 Å². The van der Waals surface area contributed by atoms with Crippen molar-refractivity contribution in [1.82, 2.24) is 24.3 Å². The predicted octanol–water partition coefficient (Wildman–Crippen LogP) is 5.44.